The van der Waals surface area contributed by atoms with Crippen molar-refractivity contribution in [1.82, 2.24) is 10.3 Å². The first-order chi connectivity index (χ1) is 7.36. The maximum Gasteiger partial charge on any atom is 0.0271 e. The topological polar surface area (TPSA) is 50.9 Å². The summed E-state index contributed by atoms with van der Waals surface area (Å²) in [4.78, 5) is 4.00. The first-order valence-corrected chi connectivity index (χ1v) is 5.74. The van der Waals surface area contributed by atoms with Crippen molar-refractivity contribution in [2.75, 3.05) is 0 Å². The van der Waals surface area contributed by atoms with Crippen LogP contribution in [0.3, 0.4) is 0 Å². The molecule has 0 bridgehead atoms. The molecule has 3 N–H and O–H groups in total. The van der Waals surface area contributed by atoms with E-state index < -0.39 is 0 Å². The van der Waals surface area contributed by atoms with Gasteiger partial charge in [-0.2, -0.15) is 0 Å². The van der Waals surface area contributed by atoms with E-state index in [0.717, 1.165) is 13.0 Å². The Kier molecular flexibility index (Phi) is 3.69. The average molecular weight is 205 g/mol. The van der Waals surface area contributed by atoms with Gasteiger partial charge in [-0.1, -0.05) is 12.8 Å². The Hall–Kier alpha value is -0.930. The van der Waals surface area contributed by atoms with Crippen molar-refractivity contribution in [3.05, 3.63) is 30.1 Å². The standard InChI is InChI=1S/C12H19N3/c13-11-3-1-2-4-12(11)15-9-10-5-7-14-8-6-10/h5-8,11-12,15H,1-4,9,13H2. The van der Waals surface area contributed by atoms with Crippen LogP contribution in [0.25, 0.3) is 0 Å². The molecule has 1 saturated carbocycles. The van der Waals surface area contributed by atoms with Gasteiger partial charge in [0.25, 0.3) is 0 Å². The molecule has 0 amide bonds. The second-order valence-corrected chi connectivity index (χ2v) is 4.29. The van der Waals surface area contributed by atoms with Crippen molar-refractivity contribution >= 4 is 0 Å². The van der Waals surface area contributed by atoms with Crippen LogP contribution in [0.4, 0.5) is 0 Å². The molecule has 3 nitrogen and oxygen atoms in total. The monoisotopic (exact) mass is 205 g/mol. The highest BCUT2D eigenvalue weighted by atomic mass is 15.0. The van der Waals surface area contributed by atoms with E-state index in [1.807, 2.05) is 24.5 Å². The molecule has 0 aromatic carbocycles. The van der Waals surface area contributed by atoms with Gasteiger partial charge >= 0.3 is 0 Å². The Labute approximate surface area is 91.1 Å². The quantitative estimate of drug-likeness (QED) is 0.785. The van der Waals surface area contributed by atoms with Crippen molar-refractivity contribution in [2.24, 2.45) is 5.73 Å². The van der Waals surface area contributed by atoms with Gasteiger partial charge < -0.3 is 11.1 Å². The number of hydrogen-bond acceptors (Lipinski definition) is 3. The minimum atomic E-state index is 0.334. The lowest BCUT2D eigenvalue weighted by atomic mass is 9.91. The zero-order valence-electron chi connectivity index (χ0n) is 9.02. The normalized spacial score (nSPS) is 26.5. The number of hydrogen-bond donors (Lipinski definition) is 2. The molecule has 1 aliphatic rings. The van der Waals surface area contributed by atoms with E-state index in [9.17, 15) is 0 Å². The molecule has 2 atom stereocenters. The van der Waals surface area contributed by atoms with E-state index in [1.54, 1.807) is 0 Å². The van der Waals surface area contributed by atoms with Gasteiger partial charge in [-0.3, -0.25) is 4.98 Å². The van der Waals surface area contributed by atoms with Gasteiger partial charge in [0, 0.05) is 31.0 Å². The van der Waals surface area contributed by atoms with Crippen molar-refractivity contribution in [2.45, 2.75) is 44.3 Å². The minimum absolute atomic E-state index is 0.334. The van der Waals surface area contributed by atoms with Gasteiger partial charge in [-0.15, -0.1) is 0 Å². The third kappa shape index (κ3) is 3.01. The van der Waals surface area contributed by atoms with Gasteiger partial charge in [0.2, 0.25) is 0 Å². The van der Waals surface area contributed by atoms with E-state index in [-0.39, 0.29) is 0 Å². The van der Waals surface area contributed by atoms with Crippen LogP contribution >= 0.6 is 0 Å². The molecular weight excluding hydrogens is 186 g/mol. The van der Waals surface area contributed by atoms with Crippen molar-refractivity contribution < 1.29 is 0 Å². The summed E-state index contributed by atoms with van der Waals surface area (Å²) in [6.07, 6.45) is 8.63. The molecular formula is C12H19N3. The van der Waals surface area contributed by atoms with Crippen LogP contribution in [-0.4, -0.2) is 17.1 Å². The average Bonchev–Trinajstić information content (AvgIpc) is 2.29. The maximum atomic E-state index is 6.07. The van der Waals surface area contributed by atoms with Gasteiger partial charge in [0.1, 0.15) is 0 Å². The molecule has 2 rings (SSSR count). The summed E-state index contributed by atoms with van der Waals surface area (Å²) in [7, 11) is 0. The Balaban J connectivity index is 1.82. The summed E-state index contributed by atoms with van der Waals surface area (Å²) in [5, 5.41) is 3.53. The van der Waals surface area contributed by atoms with Crippen LogP contribution in [-0.2, 0) is 6.54 Å². The molecule has 3 heteroatoms. The van der Waals surface area contributed by atoms with Crippen molar-refractivity contribution in [3.8, 4) is 0 Å². The second-order valence-electron chi connectivity index (χ2n) is 4.29. The minimum Gasteiger partial charge on any atom is -0.326 e. The third-order valence-electron chi connectivity index (χ3n) is 3.14. The number of nitrogens with two attached hydrogens (primary N) is 1. The molecule has 0 radical (unpaired) electrons. The van der Waals surface area contributed by atoms with Crippen LogP contribution in [0.5, 0.6) is 0 Å². The number of aromatic nitrogens is 1. The molecule has 2 unspecified atom stereocenters. The smallest absolute Gasteiger partial charge is 0.0271 e. The van der Waals surface area contributed by atoms with Crippen LogP contribution in [0.1, 0.15) is 31.2 Å². The lowest BCUT2D eigenvalue weighted by Crippen LogP contribution is -2.46. The Bertz CT molecular complexity index is 286. The number of rotatable bonds is 3. The van der Waals surface area contributed by atoms with Crippen LogP contribution < -0.4 is 11.1 Å². The van der Waals surface area contributed by atoms with Gasteiger partial charge in [0.05, 0.1) is 0 Å². The summed E-state index contributed by atoms with van der Waals surface area (Å²) in [5.41, 5.74) is 7.35. The molecule has 15 heavy (non-hydrogen) atoms. The van der Waals surface area contributed by atoms with E-state index >= 15 is 0 Å². The highest BCUT2D eigenvalue weighted by Gasteiger charge is 2.20. The van der Waals surface area contributed by atoms with Gasteiger partial charge in [0.15, 0.2) is 0 Å². The van der Waals surface area contributed by atoms with Crippen molar-refractivity contribution in [3.63, 3.8) is 0 Å². The van der Waals surface area contributed by atoms with E-state index in [2.05, 4.69) is 10.3 Å². The molecule has 1 heterocycles. The molecule has 0 saturated heterocycles. The molecule has 1 aromatic rings. The van der Waals surface area contributed by atoms with E-state index in [1.165, 1.54) is 24.8 Å². The zero-order chi connectivity index (χ0) is 10.5. The summed E-state index contributed by atoms with van der Waals surface area (Å²) in [5.74, 6) is 0. The zero-order valence-corrected chi connectivity index (χ0v) is 9.02. The predicted octanol–water partition coefficient (Wildman–Crippen LogP) is 1.44. The number of nitrogens with zero attached hydrogens (tertiary/aromatic N) is 1. The Morgan fingerprint density at radius 2 is 2.00 bits per heavy atom. The van der Waals surface area contributed by atoms with E-state index in [0.29, 0.717) is 12.1 Å². The van der Waals surface area contributed by atoms with Crippen LogP contribution in [0.2, 0.25) is 0 Å². The number of nitrogens with one attached hydrogen (secondary N) is 1. The van der Waals surface area contributed by atoms with Crippen LogP contribution in [0, 0.1) is 0 Å². The first-order valence-electron chi connectivity index (χ1n) is 5.74. The highest BCUT2D eigenvalue weighted by Crippen LogP contribution is 2.17. The fourth-order valence-electron chi connectivity index (χ4n) is 2.16. The number of pyridine rings is 1. The summed E-state index contributed by atoms with van der Waals surface area (Å²) < 4.78 is 0. The largest absolute Gasteiger partial charge is 0.326 e. The summed E-state index contributed by atoms with van der Waals surface area (Å²) in [6, 6.07) is 4.91. The molecule has 1 fully saturated rings. The molecule has 0 aliphatic heterocycles. The van der Waals surface area contributed by atoms with Gasteiger partial charge in [-0.05, 0) is 30.5 Å². The fraction of sp³-hybridized carbons (Fsp3) is 0.583. The molecule has 0 spiro atoms. The summed E-state index contributed by atoms with van der Waals surface area (Å²) in [6.45, 7) is 0.904. The molecule has 82 valence electrons. The van der Waals surface area contributed by atoms with Gasteiger partial charge in [-0.25, -0.2) is 0 Å². The van der Waals surface area contributed by atoms with Crippen molar-refractivity contribution in [1.29, 1.82) is 0 Å². The molecule has 1 aliphatic carbocycles. The maximum absolute atomic E-state index is 6.07. The molecule has 1 aromatic heterocycles. The highest BCUT2D eigenvalue weighted by molar-refractivity contribution is 5.09. The Morgan fingerprint density at radius 3 is 2.73 bits per heavy atom. The first kappa shape index (κ1) is 10.6. The van der Waals surface area contributed by atoms with Crippen LogP contribution in [0.15, 0.2) is 24.5 Å². The Morgan fingerprint density at radius 1 is 1.27 bits per heavy atom. The van der Waals surface area contributed by atoms with E-state index in [4.69, 9.17) is 5.73 Å². The third-order valence-corrected chi connectivity index (χ3v) is 3.14. The predicted molar refractivity (Wildman–Crippen MR) is 61.3 cm³/mol. The SMILES string of the molecule is NC1CCCCC1NCc1ccncc1. The lowest BCUT2D eigenvalue weighted by Gasteiger charge is -2.29. The fourth-order valence-corrected chi connectivity index (χ4v) is 2.16. The summed E-state index contributed by atoms with van der Waals surface area (Å²) >= 11 is 0. The lowest BCUT2D eigenvalue weighted by molar-refractivity contribution is 0.326. The second kappa shape index (κ2) is 5.24.